The molecule has 2 heterocycles. The lowest BCUT2D eigenvalue weighted by Gasteiger charge is -2.18. The van der Waals surface area contributed by atoms with Crippen LogP contribution in [0.5, 0.6) is 11.5 Å². The topological polar surface area (TPSA) is 51.6 Å². The zero-order valence-electron chi connectivity index (χ0n) is 17.1. The third-order valence-corrected chi connectivity index (χ3v) is 4.90. The first-order chi connectivity index (χ1) is 14.2. The highest BCUT2D eigenvalue weighted by molar-refractivity contribution is 5.67. The minimum absolute atomic E-state index is 0.579. The van der Waals surface area contributed by atoms with Crippen LogP contribution in [0.25, 0.3) is 16.9 Å². The second-order valence-electron chi connectivity index (χ2n) is 7.48. The van der Waals surface area contributed by atoms with Crippen molar-refractivity contribution in [3.8, 4) is 28.4 Å². The summed E-state index contributed by atoms with van der Waals surface area (Å²) in [6.45, 7) is 3.98. The quantitative estimate of drug-likeness (QED) is 0.596. The summed E-state index contributed by atoms with van der Waals surface area (Å²) in [4.78, 5) is 2.20. The Bertz CT molecular complexity index is 937. The van der Waals surface area contributed by atoms with Crippen molar-refractivity contribution in [2.75, 3.05) is 40.4 Å². The maximum Gasteiger partial charge on any atom is 0.162 e. The first kappa shape index (κ1) is 19.5. The van der Waals surface area contributed by atoms with E-state index in [2.05, 4.69) is 48.7 Å². The molecule has 4 rings (SSSR count). The maximum absolute atomic E-state index is 5.77. The van der Waals surface area contributed by atoms with E-state index >= 15 is 0 Å². The van der Waals surface area contributed by atoms with Crippen molar-refractivity contribution >= 4 is 0 Å². The fraction of sp³-hybridized carbons (Fsp3) is 0.348. The molecule has 0 bridgehead atoms. The molecule has 0 atom stereocenters. The normalized spacial score (nSPS) is 13.1. The van der Waals surface area contributed by atoms with Crippen LogP contribution in [0.2, 0.25) is 0 Å². The van der Waals surface area contributed by atoms with Gasteiger partial charge in [-0.3, -0.25) is 0 Å². The van der Waals surface area contributed by atoms with Gasteiger partial charge in [-0.2, -0.15) is 5.10 Å². The number of benzene rings is 2. The number of aromatic nitrogens is 2. The van der Waals surface area contributed by atoms with E-state index in [-0.39, 0.29) is 0 Å². The molecular weight excluding hydrogens is 364 g/mol. The summed E-state index contributed by atoms with van der Waals surface area (Å²) in [6, 6.07) is 16.3. The van der Waals surface area contributed by atoms with Crippen molar-refractivity contribution in [1.82, 2.24) is 20.0 Å². The summed E-state index contributed by atoms with van der Waals surface area (Å²) in [5.74, 6) is 1.58. The molecule has 0 spiro atoms. The van der Waals surface area contributed by atoms with Crippen molar-refractivity contribution in [3.63, 3.8) is 0 Å². The van der Waals surface area contributed by atoms with E-state index in [1.807, 2.05) is 35.0 Å². The van der Waals surface area contributed by atoms with Gasteiger partial charge in [-0.05, 0) is 63.9 Å². The number of para-hydroxylation sites is 1. The SMILES string of the molecule is CN(C)CCCNCc1cn(-c2ccccc2)nc1-c1ccc2c(c1)OCCO2. The van der Waals surface area contributed by atoms with Gasteiger partial charge in [-0.15, -0.1) is 0 Å². The lowest BCUT2D eigenvalue weighted by Crippen LogP contribution is -2.21. The second-order valence-corrected chi connectivity index (χ2v) is 7.48. The summed E-state index contributed by atoms with van der Waals surface area (Å²) in [5, 5.41) is 8.46. The monoisotopic (exact) mass is 392 g/mol. The number of hydrogen-bond donors (Lipinski definition) is 1. The van der Waals surface area contributed by atoms with Crippen LogP contribution < -0.4 is 14.8 Å². The first-order valence-electron chi connectivity index (χ1n) is 10.1. The molecule has 1 aromatic heterocycles. The van der Waals surface area contributed by atoms with Crippen LogP contribution in [0.1, 0.15) is 12.0 Å². The van der Waals surface area contributed by atoms with Gasteiger partial charge in [0.1, 0.15) is 13.2 Å². The van der Waals surface area contributed by atoms with E-state index in [0.717, 1.165) is 60.1 Å². The fourth-order valence-electron chi connectivity index (χ4n) is 3.43. The van der Waals surface area contributed by atoms with Crippen LogP contribution in [0.15, 0.2) is 54.7 Å². The smallest absolute Gasteiger partial charge is 0.162 e. The molecular formula is C23H28N4O2. The van der Waals surface area contributed by atoms with Crippen LogP contribution in [0.3, 0.4) is 0 Å². The Morgan fingerprint density at radius 3 is 2.62 bits per heavy atom. The molecule has 1 N–H and O–H groups in total. The van der Waals surface area contributed by atoms with Gasteiger partial charge < -0.3 is 19.7 Å². The molecule has 0 radical (unpaired) electrons. The molecule has 1 aliphatic heterocycles. The third-order valence-electron chi connectivity index (χ3n) is 4.90. The first-order valence-corrected chi connectivity index (χ1v) is 10.1. The fourth-order valence-corrected chi connectivity index (χ4v) is 3.43. The molecule has 152 valence electrons. The molecule has 3 aromatic rings. The summed E-state index contributed by atoms with van der Waals surface area (Å²) < 4.78 is 13.4. The van der Waals surface area contributed by atoms with Gasteiger partial charge in [0.15, 0.2) is 11.5 Å². The molecule has 0 unspecified atom stereocenters. The van der Waals surface area contributed by atoms with E-state index in [1.54, 1.807) is 0 Å². The Labute approximate surface area is 172 Å². The Balaban J connectivity index is 1.59. The van der Waals surface area contributed by atoms with E-state index in [9.17, 15) is 0 Å². The highest BCUT2D eigenvalue weighted by Crippen LogP contribution is 2.35. The number of nitrogens with one attached hydrogen (secondary N) is 1. The van der Waals surface area contributed by atoms with Crippen molar-refractivity contribution in [2.45, 2.75) is 13.0 Å². The van der Waals surface area contributed by atoms with Crippen LogP contribution in [-0.4, -0.2) is 55.1 Å². The van der Waals surface area contributed by atoms with Gasteiger partial charge in [0.25, 0.3) is 0 Å². The van der Waals surface area contributed by atoms with Crippen LogP contribution in [0, 0.1) is 0 Å². The summed E-state index contributed by atoms with van der Waals surface area (Å²) in [6.07, 6.45) is 3.22. The molecule has 0 saturated carbocycles. The van der Waals surface area contributed by atoms with Gasteiger partial charge in [0, 0.05) is 23.9 Å². The average Bonchev–Trinajstić information content (AvgIpc) is 3.18. The number of hydrogen-bond acceptors (Lipinski definition) is 5. The Hall–Kier alpha value is -2.83. The molecule has 0 saturated heterocycles. The van der Waals surface area contributed by atoms with Crippen molar-refractivity contribution in [2.24, 2.45) is 0 Å². The van der Waals surface area contributed by atoms with Gasteiger partial charge >= 0.3 is 0 Å². The standard InChI is InChI=1S/C23H28N4O2/c1-26(2)12-6-11-24-16-19-17-27(20-7-4-3-5-8-20)25-23(19)18-9-10-21-22(15-18)29-14-13-28-21/h3-5,7-10,15,17,24H,6,11-14,16H2,1-2H3. The molecule has 1 aliphatic rings. The predicted molar refractivity (Wildman–Crippen MR) is 115 cm³/mol. The zero-order chi connectivity index (χ0) is 20.1. The number of ether oxygens (including phenoxy) is 2. The molecule has 6 heteroatoms. The van der Waals surface area contributed by atoms with Crippen molar-refractivity contribution in [3.05, 3.63) is 60.3 Å². The number of fused-ring (bicyclic) bond motifs is 1. The van der Waals surface area contributed by atoms with Gasteiger partial charge in [-0.1, -0.05) is 18.2 Å². The van der Waals surface area contributed by atoms with Gasteiger partial charge in [0.2, 0.25) is 0 Å². The lowest BCUT2D eigenvalue weighted by molar-refractivity contribution is 0.171. The van der Waals surface area contributed by atoms with Crippen LogP contribution in [-0.2, 0) is 6.54 Å². The second kappa shape index (κ2) is 9.11. The highest BCUT2D eigenvalue weighted by Gasteiger charge is 2.17. The summed E-state index contributed by atoms with van der Waals surface area (Å²) in [7, 11) is 4.20. The van der Waals surface area contributed by atoms with E-state index < -0.39 is 0 Å². The van der Waals surface area contributed by atoms with Crippen molar-refractivity contribution < 1.29 is 9.47 Å². The van der Waals surface area contributed by atoms with Gasteiger partial charge in [0.05, 0.1) is 11.4 Å². The Morgan fingerprint density at radius 2 is 1.83 bits per heavy atom. The summed E-state index contributed by atoms with van der Waals surface area (Å²) >= 11 is 0. The zero-order valence-corrected chi connectivity index (χ0v) is 17.1. The molecule has 6 nitrogen and oxygen atoms in total. The molecule has 0 fully saturated rings. The molecule has 2 aromatic carbocycles. The lowest BCUT2D eigenvalue weighted by atomic mass is 10.1. The van der Waals surface area contributed by atoms with Crippen LogP contribution >= 0.6 is 0 Å². The predicted octanol–water partition coefficient (Wildman–Crippen LogP) is 3.35. The van der Waals surface area contributed by atoms with Crippen LogP contribution in [0.4, 0.5) is 0 Å². The molecule has 0 amide bonds. The average molecular weight is 393 g/mol. The largest absolute Gasteiger partial charge is 0.486 e. The maximum atomic E-state index is 5.77. The van der Waals surface area contributed by atoms with E-state index in [1.165, 1.54) is 0 Å². The Morgan fingerprint density at radius 1 is 1.03 bits per heavy atom. The highest BCUT2D eigenvalue weighted by atomic mass is 16.6. The third kappa shape index (κ3) is 4.78. The van der Waals surface area contributed by atoms with E-state index in [0.29, 0.717) is 13.2 Å². The van der Waals surface area contributed by atoms with Gasteiger partial charge in [-0.25, -0.2) is 4.68 Å². The minimum Gasteiger partial charge on any atom is -0.486 e. The van der Waals surface area contributed by atoms with E-state index in [4.69, 9.17) is 14.6 Å². The minimum atomic E-state index is 0.579. The van der Waals surface area contributed by atoms with Crippen molar-refractivity contribution in [1.29, 1.82) is 0 Å². The Kier molecular flexibility index (Phi) is 6.12. The molecule has 29 heavy (non-hydrogen) atoms. The summed E-state index contributed by atoms with van der Waals surface area (Å²) in [5.41, 5.74) is 4.21. The number of nitrogens with zero attached hydrogens (tertiary/aromatic N) is 3. The number of rotatable bonds is 8. The molecule has 0 aliphatic carbocycles.